The van der Waals surface area contributed by atoms with Crippen molar-refractivity contribution < 1.29 is 0 Å². The van der Waals surface area contributed by atoms with Gasteiger partial charge in [-0.3, -0.25) is 0 Å². The van der Waals surface area contributed by atoms with Gasteiger partial charge in [0.15, 0.2) is 0 Å². The molecule has 0 bridgehead atoms. The van der Waals surface area contributed by atoms with Crippen molar-refractivity contribution in [1.29, 1.82) is 0 Å². The molecule has 1 aliphatic heterocycles. The molecule has 0 aliphatic carbocycles. The maximum absolute atomic E-state index is 3.04. The van der Waals surface area contributed by atoms with Gasteiger partial charge in [-0.05, 0) is 0 Å². The van der Waals surface area contributed by atoms with Crippen LogP contribution >= 0.6 is 0 Å². The van der Waals surface area contributed by atoms with E-state index in [1.165, 1.54) is 32.1 Å². The quantitative estimate of drug-likeness (QED) is 0.309. The predicted octanol–water partition coefficient (Wildman–Crippen LogP) is 7.84. The van der Waals surface area contributed by atoms with E-state index in [-0.39, 0.29) is 0 Å². The Hall–Kier alpha value is 1.08. The summed E-state index contributed by atoms with van der Waals surface area (Å²) in [6, 6.07) is 8.60. The van der Waals surface area contributed by atoms with E-state index in [0.29, 0.717) is 0 Å². The van der Waals surface area contributed by atoms with Crippen LogP contribution in [0.2, 0.25) is 63.0 Å². The van der Waals surface area contributed by atoms with Gasteiger partial charge in [-0.25, -0.2) is 0 Å². The molecule has 0 unspecified atom stereocenters. The molecular formula is C20H50Si5. The zero-order chi connectivity index (χ0) is 19.6. The third-order valence-corrected chi connectivity index (χ3v) is 134. The van der Waals surface area contributed by atoms with Gasteiger partial charge in [0.1, 0.15) is 0 Å². The molecule has 0 aromatic rings. The number of hydrogen-bond donors (Lipinski definition) is 0. The predicted molar refractivity (Wildman–Crippen MR) is 134 cm³/mol. The fourth-order valence-corrected chi connectivity index (χ4v) is 225. The van der Waals surface area contributed by atoms with E-state index in [1.807, 2.05) is 0 Å². The van der Waals surface area contributed by atoms with Crippen LogP contribution in [0.5, 0.6) is 0 Å². The first kappa shape index (κ1) is 24.1. The maximum Gasteiger partial charge on any atom is 0.0342 e. The van der Waals surface area contributed by atoms with E-state index in [4.69, 9.17) is 0 Å². The minimum atomic E-state index is -1.08. The Balaban J connectivity index is 3.84. The van der Waals surface area contributed by atoms with Gasteiger partial charge in [0.25, 0.3) is 0 Å². The smallest absolute Gasteiger partial charge is 0.0342 e. The van der Waals surface area contributed by atoms with E-state index >= 15 is 0 Å². The molecule has 1 fully saturated rings. The summed E-state index contributed by atoms with van der Waals surface area (Å²) in [5.74, 6) is 0. The summed E-state index contributed by atoms with van der Waals surface area (Å²) in [6.45, 7) is 27.8. The number of rotatable bonds is 10. The van der Waals surface area contributed by atoms with Crippen LogP contribution in [0.1, 0.15) is 66.7 Å². The van der Waals surface area contributed by atoms with Crippen LogP contribution < -0.4 is 0 Å². The molecule has 1 aliphatic rings. The van der Waals surface area contributed by atoms with Crippen molar-refractivity contribution in [2.75, 3.05) is 0 Å². The summed E-state index contributed by atoms with van der Waals surface area (Å²) in [5, 5.41) is 0. The minimum absolute atomic E-state index is 1.08. The van der Waals surface area contributed by atoms with Gasteiger partial charge in [0.05, 0.1) is 0 Å². The average Bonchev–Trinajstić information content (AvgIpc) is 2.60. The van der Waals surface area contributed by atoms with E-state index in [9.17, 15) is 0 Å². The van der Waals surface area contributed by atoms with Crippen molar-refractivity contribution in [1.82, 2.24) is 0 Å². The summed E-state index contributed by atoms with van der Waals surface area (Å²) in [7, 11) is -5.40. The Kier molecular flexibility index (Phi) is 8.32. The highest BCUT2D eigenvalue weighted by atomic mass is 30.2. The minimum Gasteiger partial charge on any atom is -0.0733 e. The van der Waals surface area contributed by atoms with Crippen LogP contribution in [0.3, 0.4) is 0 Å². The Morgan fingerprint density at radius 1 is 0.320 bits per heavy atom. The molecular weight excluding hydrogens is 381 g/mol. The molecule has 0 aromatic carbocycles. The van der Waals surface area contributed by atoms with E-state index in [0.717, 1.165) is 0 Å². The Morgan fingerprint density at radius 2 is 0.440 bits per heavy atom. The molecule has 0 amide bonds. The first-order valence-electron chi connectivity index (χ1n) is 11.6. The van der Waals surface area contributed by atoms with Gasteiger partial charge in [0, 0.05) is 35.5 Å². The molecule has 0 nitrogen and oxygen atoms in total. The van der Waals surface area contributed by atoms with Crippen LogP contribution in [0.15, 0.2) is 0 Å². The van der Waals surface area contributed by atoms with Crippen molar-refractivity contribution in [3.8, 4) is 0 Å². The van der Waals surface area contributed by atoms with E-state index in [2.05, 4.69) is 67.4 Å². The van der Waals surface area contributed by atoms with E-state index in [1.54, 1.807) is 30.2 Å². The van der Waals surface area contributed by atoms with Crippen molar-refractivity contribution >= 4 is 35.5 Å². The number of hydrogen-bond acceptors (Lipinski definition) is 0. The largest absolute Gasteiger partial charge is 0.0733 e. The van der Waals surface area contributed by atoms with E-state index < -0.39 is 35.5 Å². The lowest BCUT2D eigenvalue weighted by atomic mass is 10.6. The van der Waals surface area contributed by atoms with Crippen LogP contribution in [0, 0.1) is 0 Å². The highest BCUT2D eigenvalue weighted by molar-refractivity contribution is 8.13. The second-order valence-corrected chi connectivity index (χ2v) is 66.8. The monoisotopic (exact) mass is 430 g/mol. The zero-order valence-electron chi connectivity index (χ0n) is 19.6. The van der Waals surface area contributed by atoms with Gasteiger partial charge < -0.3 is 0 Å². The molecule has 0 radical (unpaired) electrons. The fourth-order valence-electron chi connectivity index (χ4n) is 8.30. The SMILES string of the molecule is CCC[Si]1(C)[Si](C)(CCC)[Si](C)(CCC)[Si](C)(CCC)[Si]1(C)CCC. The van der Waals surface area contributed by atoms with Gasteiger partial charge in [-0.2, -0.15) is 0 Å². The highest BCUT2D eigenvalue weighted by Gasteiger charge is 2.80. The second kappa shape index (κ2) is 8.62. The first-order chi connectivity index (χ1) is 11.6. The molecule has 25 heavy (non-hydrogen) atoms. The molecule has 0 atom stereocenters. The van der Waals surface area contributed by atoms with Crippen LogP contribution in [0.25, 0.3) is 0 Å². The highest BCUT2D eigenvalue weighted by Crippen LogP contribution is 2.59. The maximum atomic E-state index is 3.04. The fraction of sp³-hybridized carbons (Fsp3) is 1.00. The van der Waals surface area contributed by atoms with Gasteiger partial charge >= 0.3 is 0 Å². The topological polar surface area (TPSA) is 0 Å². The molecule has 0 N–H and O–H groups in total. The lowest BCUT2D eigenvalue weighted by molar-refractivity contribution is 1.03. The van der Waals surface area contributed by atoms with Crippen molar-refractivity contribution in [2.24, 2.45) is 0 Å². The molecule has 1 heterocycles. The normalized spacial score (nSPS) is 44.4. The molecule has 1 rings (SSSR count). The Morgan fingerprint density at radius 3 is 0.520 bits per heavy atom. The van der Waals surface area contributed by atoms with Crippen molar-refractivity contribution in [3.63, 3.8) is 0 Å². The molecule has 5 heteroatoms. The molecule has 0 aromatic heterocycles. The summed E-state index contributed by atoms with van der Waals surface area (Å²) in [6.07, 6.45) is 7.47. The Bertz CT molecular complexity index is 331. The standard InChI is InChI=1S/C20H50Si5/c1-11-16-21(6)22(7,17-12-2)24(9,19-14-4)25(10,20-15-5)23(21,8)18-13-3/h11-20H2,1-10H3. The van der Waals surface area contributed by atoms with Gasteiger partial charge in [0.2, 0.25) is 0 Å². The van der Waals surface area contributed by atoms with Crippen molar-refractivity contribution in [2.45, 2.75) is 130 Å². The van der Waals surface area contributed by atoms with Crippen LogP contribution in [-0.2, 0) is 0 Å². The third-order valence-electron chi connectivity index (χ3n) is 9.84. The van der Waals surface area contributed by atoms with Gasteiger partial charge in [-0.15, -0.1) is 0 Å². The molecule has 1 saturated heterocycles. The first-order valence-corrected chi connectivity index (χ1v) is 30.1. The second-order valence-electron chi connectivity index (χ2n) is 10.4. The lowest BCUT2D eigenvalue weighted by Crippen LogP contribution is -2.73. The third kappa shape index (κ3) is 3.06. The summed E-state index contributed by atoms with van der Waals surface area (Å²) < 4.78 is 0. The Labute approximate surface area is 165 Å². The van der Waals surface area contributed by atoms with Crippen LogP contribution in [-0.4, -0.2) is 35.5 Å². The zero-order valence-corrected chi connectivity index (χ0v) is 24.6. The summed E-state index contributed by atoms with van der Waals surface area (Å²) in [4.78, 5) is 0. The molecule has 0 spiro atoms. The lowest BCUT2D eigenvalue weighted by Gasteiger charge is -2.51. The molecule has 0 saturated carbocycles. The van der Waals surface area contributed by atoms with Crippen LogP contribution in [0.4, 0.5) is 0 Å². The summed E-state index contributed by atoms with van der Waals surface area (Å²) >= 11 is 0. The van der Waals surface area contributed by atoms with Gasteiger partial charge in [-0.1, -0.05) is 130 Å². The summed E-state index contributed by atoms with van der Waals surface area (Å²) in [5.41, 5.74) is 0. The van der Waals surface area contributed by atoms with Crippen molar-refractivity contribution in [3.05, 3.63) is 0 Å². The molecule has 150 valence electrons. The average molecular weight is 431 g/mol.